The van der Waals surface area contributed by atoms with Crippen LogP contribution < -0.4 is 0 Å². The zero-order chi connectivity index (χ0) is 10.9. The first-order chi connectivity index (χ1) is 5.59. The molecule has 0 aliphatic carbocycles. The van der Waals surface area contributed by atoms with Crippen LogP contribution in [0.25, 0.3) is 0 Å². The highest BCUT2D eigenvalue weighted by Crippen LogP contribution is 2.19. The molecule has 0 aliphatic rings. The molecule has 0 bridgehead atoms. The lowest BCUT2D eigenvalue weighted by molar-refractivity contribution is 0.575. The lowest BCUT2D eigenvalue weighted by Gasteiger charge is -2.23. The van der Waals surface area contributed by atoms with Crippen molar-refractivity contribution in [2.24, 2.45) is 4.36 Å². The minimum atomic E-state index is -2.05. The van der Waals surface area contributed by atoms with Gasteiger partial charge in [-0.2, -0.15) is 0 Å². The van der Waals surface area contributed by atoms with Crippen LogP contribution in [0.3, 0.4) is 0 Å². The number of nitrogens with zero attached hydrogens (tertiary/aromatic N) is 1. The quantitative estimate of drug-likeness (QED) is 0.681. The van der Waals surface area contributed by atoms with E-state index in [4.69, 9.17) is 0 Å². The van der Waals surface area contributed by atoms with E-state index in [1.54, 1.807) is 0 Å². The Morgan fingerprint density at radius 3 is 1.38 bits per heavy atom. The first kappa shape index (κ1) is 12.9. The Balaban J connectivity index is 5.29. The molecule has 13 heavy (non-hydrogen) atoms. The van der Waals surface area contributed by atoms with E-state index in [1.165, 1.54) is 0 Å². The summed E-state index contributed by atoms with van der Waals surface area (Å²) in [7, 11) is -2.05. The van der Waals surface area contributed by atoms with Crippen LogP contribution in [0.15, 0.2) is 4.36 Å². The van der Waals surface area contributed by atoms with Crippen LogP contribution in [0.5, 0.6) is 0 Å². The molecule has 0 saturated heterocycles. The third-order valence-electron chi connectivity index (χ3n) is 1.77. The van der Waals surface area contributed by atoms with Crippen molar-refractivity contribution in [1.82, 2.24) is 0 Å². The molecule has 0 atom stereocenters. The average molecular weight is 205 g/mol. The fourth-order valence-electron chi connectivity index (χ4n) is 1.18. The third-order valence-corrected chi connectivity index (χ3v) is 5.30. The van der Waals surface area contributed by atoms with E-state index in [1.807, 2.05) is 48.5 Å². The van der Waals surface area contributed by atoms with Gasteiger partial charge in [-0.25, -0.2) is 8.57 Å². The summed E-state index contributed by atoms with van der Waals surface area (Å²) in [6.07, 6.45) is 0. The highest BCUT2D eigenvalue weighted by Gasteiger charge is 2.22. The van der Waals surface area contributed by atoms with E-state index in [9.17, 15) is 4.21 Å². The number of rotatable bonds is 2. The second-order valence-electron chi connectivity index (χ2n) is 4.97. The zero-order valence-corrected chi connectivity index (χ0v) is 10.7. The second-order valence-corrected chi connectivity index (χ2v) is 8.27. The standard InChI is InChI=1S/C10H23NOS/c1-8(2)13(12,9(3)4)11-10(5,6)7/h8-9H,1-7H3. The monoisotopic (exact) mass is 205 g/mol. The smallest absolute Gasteiger partial charge is 0.0618 e. The first-order valence-electron chi connectivity index (χ1n) is 4.85. The highest BCUT2D eigenvalue weighted by atomic mass is 32.2. The van der Waals surface area contributed by atoms with Gasteiger partial charge >= 0.3 is 0 Å². The molecule has 3 heteroatoms. The molecular formula is C10H23NOS. The summed E-state index contributed by atoms with van der Waals surface area (Å²) in [6.45, 7) is 13.9. The van der Waals surface area contributed by atoms with Crippen molar-refractivity contribution in [2.45, 2.75) is 64.5 Å². The van der Waals surface area contributed by atoms with Crippen LogP contribution in [0.1, 0.15) is 48.5 Å². The van der Waals surface area contributed by atoms with Crippen LogP contribution in [-0.4, -0.2) is 20.2 Å². The fourth-order valence-corrected chi connectivity index (χ4v) is 3.55. The third kappa shape index (κ3) is 3.67. The van der Waals surface area contributed by atoms with Gasteiger partial charge in [0.1, 0.15) is 0 Å². The fraction of sp³-hybridized carbons (Fsp3) is 1.00. The van der Waals surface area contributed by atoms with Crippen LogP contribution in [0, 0.1) is 0 Å². The molecule has 0 spiro atoms. The molecule has 0 aromatic carbocycles. The molecule has 0 aromatic rings. The minimum absolute atomic E-state index is 0.131. The van der Waals surface area contributed by atoms with E-state index in [2.05, 4.69) is 4.36 Å². The maximum Gasteiger partial charge on any atom is 0.0618 e. The molecule has 0 aromatic heterocycles. The molecule has 0 fully saturated rings. The maximum atomic E-state index is 12.4. The highest BCUT2D eigenvalue weighted by molar-refractivity contribution is 7.94. The normalized spacial score (nSPS) is 13.9. The van der Waals surface area contributed by atoms with Crippen molar-refractivity contribution in [2.75, 3.05) is 0 Å². The van der Waals surface area contributed by atoms with Crippen molar-refractivity contribution in [3.05, 3.63) is 0 Å². The van der Waals surface area contributed by atoms with Crippen LogP contribution in [0.2, 0.25) is 0 Å². The number of hydrogen-bond acceptors (Lipinski definition) is 2. The summed E-state index contributed by atoms with van der Waals surface area (Å²) in [5.41, 5.74) is -0.203. The molecule has 0 N–H and O–H groups in total. The van der Waals surface area contributed by atoms with Gasteiger partial charge in [-0.05, 0) is 20.8 Å². The van der Waals surface area contributed by atoms with E-state index in [0.717, 1.165) is 0 Å². The summed E-state index contributed by atoms with van der Waals surface area (Å²) >= 11 is 0. The largest absolute Gasteiger partial charge is 0.249 e. The summed E-state index contributed by atoms with van der Waals surface area (Å²) in [6, 6.07) is 0. The molecule has 0 heterocycles. The Labute approximate surface area is 83.3 Å². The van der Waals surface area contributed by atoms with Gasteiger partial charge in [0.05, 0.1) is 15.3 Å². The zero-order valence-electron chi connectivity index (χ0n) is 9.92. The molecule has 0 radical (unpaired) electrons. The molecule has 80 valence electrons. The van der Waals surface area contributed by atoms with Crippen LogP contribution >= 0.6 is 0 Å². The molecule has 0 rings (SSSR count). The van der Waals surface area contributed by atoms with Crippen molar-refractivity contribution >= 4 is 9.73 Å². The average Bonchev–Trinajstić information content (AvgIpc) is 1.82. The van der Waals surface area contributed by atoms with Crippen LogP contribution in [0.4, 0.5) is 0 Å². The molecule has 0 aliphatic heterocycles. The molecule has 2 nitrogen and oxygen atoms in total. The van der Waals surface area contributed by atoms with E-state index >= 15 is 0 Å². The van der Waals surface area contributed by atoms with Gasteiger partial charge in [0, 0.05) is 10.5 Å². The topological polar surface area (TPSA) is 29.4 Å². The Morgan fingerprint density at radius 2 is 1.31 bits per heavy atom. The Kier molecular flexibility index (Phi) is 3.97. The SMILES string of the molecule is CC(C)S(=O)(=NC(C)(C)C)C(C)C. The van der Waals surface area contributed by atoms with Crippen molar-refractivity contribution < 1.29 is 4.21 Å². The maximum absolute atomic E-state index is 12.4. The Morgan fingerprint density at radius 1 is 1.00 bits per heavy atom. The van der Waals surface area contributed by atoms with Crippen molar-refractivity contribution in [3.8, 4) is 0 Å². The minimum Gasteiger partial charge on any atom is -0.249 e. The predicted molar refractivity (Wildman–Crippen MR) is 60.6 cm³/mol. The lowest BCUT2D eigenvalue weighted by atomic mass is 10.1. The molecule has 0 saturated carbocycles. The lowest BCUT2D eigenvalue weighted by Crippen LogP contribution is -2.27. The molecule has 0 amide bonds. The van der Waals surface area contributed by atoms with Crippen LogP contribution in [-0.2, 0) is 9.73 Å². The summed E-state index contributed by atoms with van der Waals surface area (Å²) in [5.74, 6) is 0. The second kappa shape index (κ2) is 3.99. The van der Waals surface area contributed by atoms with Crippen molar-refractivity contribution in [1.29, 1.82) is 0 Å². The van der Waals surface area contributed by atoms with Crippen molar-refractivity contribution in [3.63, 3.8) is 0 Å². The Hall–Kier alpha value is -0.0500. The van der Waals surface area contributed by atoms with Gasteiger partial charge in [-0.15, -0.1) is 0 Å². The van der Waals surface area contributed by atoms with Gasteiger partial charge in [0.15, 0.2) is 0 Å². The van der Waals surface area contributed by atoms with E-state index in [0.29, 0.717) is 0 Å². The van der Waals surface area contributed by atoms with Gasteiger partial charge in [0.25, 0.3) is 0 Å². The van der Waals surface area contributed by atoms with Gasteiger partial charge < -0.3 is 0 Å². The van der Waals surface area contributed by atoms with E-state index < -0.39 is 9.73 Å². The van der Waals surface area contributed by atoms with Gasteiger partial charge in [-0.3, -0.25) is 0 Å². The first-order valence-corrected chi connectivity index (χ1v) is 6.49. The summed E-state index contributed by atoms with van der Waals surface area (Å²) in [4.78, 5) is 0. The van der Waals surface area contributed by atoms with Gasteiger partial charge in [-0.1, -0.05) is 27.7 Å². The van der Waals surface area contributed by atoms with E-state index in [-0.39, 0.29) is 16.0 Å². The Bertz CT molecular complexity index is 251. The molecule has 0 unspecified atom stereocenters. The molecular weight excluding hydrogens is 182 g/mol. The van der Waals surface area contributed by atoms with Gasteiger partial charge in [0.2, 0.25) is 0 Å². The number of hydrogen-bond donors (Lipinski definition) is 0. The summed E-state index contributed by atoms with van der Waals surface area (Å²) < 4.78 is 16.9. The summed E-state index contributed by atoms with van der Waals surface area (Å²) in [5, 5.41) is 0.262. The predicted octanol–water partition coefficient (Wildman–Crippen LogP) is 3.07.